The molecule has 0 saturated heterocycles. The molecule has 1 amide bonds. The minimum atomic E-state index is -0.106. The molecule has 0 aliphatic carbocycles. The minimum absolute atomic E-state index is 0.106. The quantitative estimate of drug-likeness (QED) is 0.373. The Balaban J connectivity index is 1.63. The Morgan fingerprint density at radius 2 is 1.82 bits per heavy atom. The van der Waals surface area contributed by atoms with Gasteiger partial charge in [0, 0.05) is 26.8 Å². The molecule has 0 radical (unpaired) electrons. The smallest absolute Gasteiger partial charge is 0.269 e. The largest absolute Gasteiger partial charge is 0.350 e. The highest BCUT2D eigenvalue weighted by Crippen LogP contribution is 2.36. The Bertz CT molecular complexity index is 1140. The molecule has 1 aromatic heterocycles. The highest BCUT2D eigenvalue weighted by Gasteiger charge is 2.18. The fourth-order valence-corrected chi connectivity index (χ4v) is 4.51. The summed E-state index contributed by atoms with van der Waals surface area (Å²) in [7, 11) is 0. The predicted octanol–water partition coefficient (Wildman–Crippen LogP) is 6.32. The standard InChI is InChI=1S/C23H19BrN2OS/c1-15-9-11-18(12-10-15)28-22-19-7-2-3-8-20(19)26-21(22)23(27)25-14-16-5-4-6-17(24)13-16/h2-13,26H,14H2,1H3,(H,25,27). The molecule has 2 N–H and O–H groups in total. The maximum atomic E-state index is 13.0. The zero-order chi connectivity index (χ0) is 19.5. The molecule has 3 nitrogen and oxygen atoms in total. The molecule has 0 aliphatic heterocycles. The number of carbonyl (C=O) groups excluding carboxylic acids is 1. The lowest BCUT2D eigenvalue weighted by atomic mass is 10.2. The van der Waals surface area contributed by atoms with E-state index < -0.39 is 0 Å². The zero-order valence-corrected chi connectivity index (χ0v) is 17.7. The van der Waals surface area contributed by atoms with Crippen LogP contribution in [-0.4, -0.2) is 10.9 Å². The lowest BCUT2D eigenvalue weighted by Crippen LogP contribution is -2.23. The van der Waals surface area contributed by atoms with Gasteiger partial charge in [0.25, 0.3) is 5.91 Å². The molecule has 4 rings (SSSR count). The zero-order valence-electron chi connectivity index (χ0n) is 15.3. The number of hydrogen-bond acceptors (Lipinski definition) is 2. The summed E-state index contributed by atoms with van der Waals surface area (Å²) in [5.74, 6) is -0.106. The van der Waals surface area contributed by atoms with Crippen LogP contribution in [0.4, 0.5) is 0 Å². The van der Waals surface area contributed by atoms with Crippen molar-refractivity contribution in [3.8, 4) is 0 Å². The lowest BCUT2D eigenvalue weighted by molar-refractivity contribution is 0.0944. The van der Waals surface area contributed by atoms with Crippen molar-refractivity contribution >= 4 is 44.5 Å². The van der Waals surface area contributed by atoms with Crippen LogP contribution < -0.4 is 5.32 Å². The minimum Gasteiger partial charge on any atom is -0.350 e. The van der Waals surface area contributed by atoms with Crippen molar-refractivity contribution in [1.29, 1.82) is 0 Å². The van der Waals surface area contributed by atoms with Crippen LogP contribution in [0.25, 0.3) is 10.9 Å². The molecule has 28 heavy (non-hydrogen) atoms. The van der Waals surface area contributed by atoms with Gasteiger partial charge in [-0.3, -0.25) is 4.79 Å². The summed E-state index contributed by atoms with van der Waals surface area (Å²) in [6, 6.07) is 24.3. The molecule has 0 atom stereocenters. The van der Waals surface area contributed by atoms with Crippen molar-refractivity contribution < 1.29 is 4.79 Å². The summed E-state index contributed by atoms with van der Waals surface area (Å²) in [4.78, 5) is 18.3. The number of benzene rings is 3. The van der Waals surface area contributed by atoms with Crippen LogP contribution in [0.1, 0.15) is 21.6 Å². The van der Waals surface area contributed by atoms with Crippen molar-refractivity contribution in [1.82, 2.24) is 10.3 Å². The average Bonchev–Trinajstić information content (AvgIpc) is 3.07. The van der Waals surface area contributed by atoms with Crippen LogP contribution in [0.3, 0.4) is 0 Å². The maximum Gasteiger partial charge on any atom is 0.269 e. The fourth-order valence-electron chi connectivity index (χ4n) is 3.02. The van der Waals surface area contributed by atoms with Crippen molar-refractivity contribution in [2.24, 2.45) is 0 Å². The van der Waals surface area contributed by atoms with Gasteiger partial charge in [-0.15, -0.1) is 0 Å². The summed E-state index contributed by atoms with van der Waals surface area (Å²) >= 11 is 5.08. The second-order valence-electron chi connectivity index (χ2n) is 6.60. The van der Waals surface area contributed by atoms with Crippen LogP contribution in [-0.2, 0) is 6.54 Å². The SMILES string of the molecule is Cc1ccc(Sc2c(C(=O)NCc3cccc(Br)c3)[nH]c3ccccc23)cc1. The van der Waals surface area contributed by atoms with Crippen molar-refractivity contribution in [2.45, 2.75) is 23.3 Å². The molecule has 0 unspecified atom stereocenters. The number of halogens is 1. The van der Waals surface area contributed by atoms with E-state index in [1.807, 2.05) is 48.5 Å². The van der Waals surface area contributed by atoms with Gasteiger partial charge in [0.05, 0.1) is 4.90 Å². The summed E-state index contributed by atoms with van der Waals surface area (Å²) in [5.41, 5.74) is 3.83. The predicted molar refractivity (Wildman–Crippen MR) is 119 cm³/mol. The Morgan fingerprint density at radius 3 is 2.61 bits per heavy atom. The van der Waals surface area contributed by atoms with Crippen LogP contribution >= 0.6 is 27.7 Å². The molecular weight excluding hydrogens is 432 g/mol. The first-order valence-corrected chi connectivity index (χ1v) is 10.6. The molecule has 0 fully saturated rings. The number of amides is 1. The number of aromatic amines is 1. The molecule has 5 heteroatoms. The second-order valence-corrected chi connectivity index (χ2v) is 8.60. The van der Waals surface area contributed by atoms with Crippen LogP contribution in [0.2, 0.25) is 0 Å². The van der Waals surface area contributed by atoms with Crippen molar-refractivity contribution in [3.05, 3.63) is 94.1 Å². The fraction of sp³-hybridized carbons (Fsp3) is 0.0870. The van der Waals surface area contributed by atoms with Gasteiger partial charge < -0.3 is 10.3 Å². The third-order valence-electron chi connectivity index (χ3n) is 4.47. The first-order chi connectivity index (χ1) is 13.6. The Kier molecular flexibility index (Phi) is 5.55. The van der Waals surface area contributed by atoms with Crippen molar-refractivity contribution in [3.63, 3.8) is 0 Å². The van der Waals surface area contributed by atoms with Gasteiger partial charge in [-0.25, -0.2) is 0 Å². The van der Waals surface area contributed by atoms with Gasteiger partial charge in [0.1, 0.15) is 5.69 Å². The molecule has 4 aromatic rings. The van der Waals surface area contributed by atoms with E-state index in [4.69, 9.17) is 0 Å². The Labute approximate surface area is 176 Å². The Hall–Kier alpha value is -2.50. The van der Waals surface area contributed by atoms with E-state index >= 15 is 0 Å². The van der Waals surface area contributed by atoms with E-state index in [1.165, 1.54) is 5.56 Å². The van der Waals surface area contributed by atoms with Crippen LogP contribution in [0, 0.1) is 6.92 Å². The first kappa shape index (κ1) is 18.8. The van der Waals surface area contributed by atoms with E-state index in [2.05, 4.69) is 57.4 Å². The number of aromatic nitrogens is 1. The molecule has 1 heterocycles. The highest BCUT2D eigenvalue weighted by atomic mass is 79.9. The van der Waals surface area contributed by atoms with E-state index in [1.54, 1.807) is 11.8 Å². The van der Waals surface area contributed by atoms with Crippen LogP contribution in [0.15, 0.2) is 87.1 Å². The molecule has 3 aromatic carbocycles. The van der Waals surface area contributed by atoms with E-state index in [0.717, 1.165) is 30.7 Å². The van der Waals surface area contributed by atoms with E-state index in [0.29, 0.717) is 12.2 Å². The number of aryl methyl sites for hydroxylation is 1. The second kappa shape index (κ2) is 8.25. The molecule has 140 valence electrons. The van der Waals surface area contributed by atoms with E-state index in [9.17, 15) is 4.79 Å². The topological polar surface area (TPSA) is 44.9 Å². The van der Waals surface area contributed by atoms with Gasteiger partial charge in [-0.2, -0.15) is 0 Å². The lowest BCUT2D eigenvalue weighted by Gasteiger charge is -2.08. The molecule has 0 spiro atoms. The number of hydrogen-bond donors (Lipinski definition) is 2. The van der Waals surface area contributed by atoms with Gasteiger partial charge >= 0.3 is 0 Å². The first-order valence-electron chi connectivity index (χ1n) is 8.98. The number of H-pyrrole nitrogens is 1. The van der Waals surface area contributed by atoms with Gasteiger partial charge in [-0.05, 0) is 42.8 Å². The van der Waals surface area contributed by atoms with Crippen LogP contribution in [0.5, 0.6) is 0 Å². The summed E-state index contributed by atoms with van der Waals surface area (Å²) < 4.78 is 1.00. The monoisotopic (exact) mass is 450 g/mol. The van der Waals surface area contributed by atoms with Crippen molar-refractivity contribution in [2.75, 3.05) is 0 Å². The molecular formula is C23H19BrN2OS. The molecule has 0 aliphatic rings. The number of carbonyl (C=O) groups is 1. The number of nitrogens with one attached hydrogen (secondary N) is 2. The third kappa shape index (κ3) is 4.16. The number of fused-ring (bicyclic) bond motifs is 1. The normalized spacial score (nSPS) is 10.9. The highest BCUT2D eigenvalue weighted by molar-refractivity contribution is 9.10. The summed E-state index contributed by atoms with van der Waals surface area (Å²) in [6.45, 7) is 2.54. The number of rotatable bonds is 5. The number of para-hydroxylation sites is 1. The molecule has 0 saturated carbocycles. The third-order valence-corrected chi connectivity index (χ3v) is 6.10. The van der Waals surface area contributed by atoms with E-state index in [-0.39, 0.29) is 5.91 Å². The maximum absolute atomic E-state index is 13.0. The molecule has 0 bridgehead atoms. The van der Waals surface area contributed by atoms with Gasteiger partial charge in [0.15, 0.2) is 0 Å². The summed E-state index contributed by atoms with van der Waals surface area (Å²) in [5, 5.41) is 4.09. The Morgan fingerprint density at radius 1 is 1.04 bits per heavy atom. The van der Waals surface area contributed by atoms with Gasteiger partial charge in [-0.1, -0.05) is 75.7 Å². The van der Waals surface area contributed by atoms with Gasteiger partial charge in [0.2, 0.25) is 0 Å². The summed E-state index contributed by atoms with van der Waals surface area (Å²) in [6.07, 6.45) is 0. The average molecular weight is 451 g/mol.